The van der Waals surface area contributed by atoms with Crippen LogP contribution >= 0.6 is 0 Å². The molecule has 1 nitrogen and oxygen atoms in total. The molecule has 0 heterocycles. The Balaban J connectivity index is 2.57. The van der Waals surface area contributed by atoms with Gasteiger partial charge in [0.2, 0.25) is 5.78 Å². The van der Waals surface area contributed by atoms with Crippen molar-refractivity contribution in [1.29, 1.82) is 0 Å². The molecule has 0 spiro atoms. The molecule has 0 amide bonds. The zero-order valence-corrected chi connectivity index (χ0v) is 9.34. The molecular formula is C14H16O. The van der Waals surface area contributed by atoms with Gasteiger partial charge in [-0.2, -0.15) is 0 Å². The molecule has 0 saturated heterocycles. The average molecular weight is 200 g/mol. The summed E-state index contributed by atoms with van der Waals surface area (Å²) in [4.78, 5) is 11.3. The molecule has 0 aliphatic rings. The highest BCUT2D eigenvalue weighted by Crippen LogP contribution is 2.01. The lowest BCUT2D eigenvalue weighted by Gasteiger charge is -1.91. The number of aryl methyl sites for hydroxylation is 1. The van der Waals surface area contributed by atoms with Crippen LogP contribution in [0.1, 0.15) is 37.3 Å². The van der Waals surface area contributed by atoms with E-state index in [1.54, 1.807) is 0 Å². The number of unbranched alkanes of at least 4 members (excludes halogenated alkanes) is 1. The number of hydrogen-bond acceptors (Lipinski definition) is 1. The molecule has 1 aromatic rings. The Bertz CT molecular complexity index is 376. The van der Waals surface area contributed by atoms with Gasteiger partial charge in [-0.25, -0.2) is 0 Å². The Labute approximate surface area is 91.5 Å². The number of ketones is 1. The predicted octanol–water partition coefficient (Wildman–Crippen LogP) is 3.11. The summed E-state index contributed by atoms with van der Waals surface area (Å²) < 4.78 is 0. The summed E-state index contributed by atoms with van der Waals surface area (Å²) >= 11 is 0. The van der Waals surface area contributed by atoms with Crippen LogP contribution in [0.5, 0.6) is 0 Å². The van der Waals surface area contributed by atoms with Gasteiger partial charge in [-0.3, -0.25) is 4.79 Å². The highest BCUT2D eigenvalue weighted by molar-refractivity contribution is 5.95. The predicted molar refractivity (Wildman–Crippen MR) is 62.6 cm³/mol. The summed E-state index contributed by atoms with van der Waals surface area (Å²) in [5, 5.41) is 0. The Kier molecular flexibility index (Phi) is 4.63. The maximum atomic E-state index is 11.3. The van der Waals surface area contributed by atoms with E-state index in [0.29, 0.717) is 6.42 Å². The van der Waals surface area contributed by atoms with Crippen LogP contribution in [0.3, 0.4) is 0 Å². The Morgan fingerprint density at radius 1 is 1.27 bits per heavy atom. The van der Waals surface area contributed by atoms with E-state index in [1.807, 2.05) is 31.2 Å². The maximum absolute atomic E-state index is 11.3. The lowest BCUT2D eigenvalue weighted by atomic mass is 10.1. The zero-order valence-electron chi connectivity index (χ0n) is 9.34. The third kappa shape index (κ3) is 4.46. The van der Waals surface area contributed by atoms with Crippen molar-refractivity contribution in [3.63, 3.8) is 0 Å². The van der Waals surface area contributed by atoms with E-state index in [2.05, 4.69) is 18.8 Å². The molecule has 1 aromatic carbocycles. The first-order valence-corrected chi connectivity index (χ1v) is 5.34. The minimum atomic E-state index is 0.0393. The number of rotatable bonds is 3. The molecule has 15 heavy (non-hydrogen) atoms. The molecule has 0 fully saturated rings. The molecule has 0 aliphatic heterocycles. The molecule has 0 atom stereocenters. The zero-order chi connectivity index (χ0) is 11.1. The van der Waals surface area contributed by atoms with Crippen LogP contribution in [0.15, 0.2) is 24.3 Å². The van der Waals surface area contributed by atoms with E-state index in [-0.39, 0.29) is 5.78 Å². The van der Waals surface area contributed by atoms with Gasteiger partial charge >= 0.3 is 0 Å². The van der Waals surface area contributed by atoms with E-state index in [9.17, 15) is 4.79 Å². The van der Waals surface area contributed by atoms with E-state index < -0.39 is 0 Å². The summed E-state index contributed by atoms with van der Waals surface area (Å²) in [7, 11) is 0. The second kappa shape index (κ2) is 6.03. The van der Waals surface area contributed by atoms with Crippen molar-refractivity contribution in [2.45, 2.75) is 33.1 Å². The van der Waals surface area contributed by atoms with Crippen LogP contribution in [0.25, 0.3) is 0 Å². The largest absolute Gasteiger partial charge is 0.285 e. The van der Waals surface area contributed by atoms with Crippen molar-refractivity contribution < 1.29 is 4.79 Å². The van der Waals surface area contributed by atoms with Crippen LogP contribution in [0.2, 0.25) is 0 Å². The molecule has 0 unspecified atom stereocenters. The summed E-state index contributed by atoms with van der Waals surface area (Å²) in [6.45, 7) is 4.10. The maximum Gasteiger partial charge on any atom is 0.205 e. The van der Waals surface area contributed by atoms with Gasteiger partial charge in [0.1, 0.15) is 0 Å². The quantitative estimate of drug-likeness (QED) is 0.685. The first-order chi connectivity index (χ1) is 7.22. The van der Waals surface area contributed by atoms with Crippen LogP contribution < -0.4 is 0 Å². The van der Waals surface area contributed by atoms with Gasteiger partial charge in [0, 0.05) is 12.0 Å². The molecule has 0 aliphatic carbocycles. The van der Waals surface area contributed by atoms with Crippen LogP contribution in [0.4, 0.5) is 0 Å². The topological polar surface area (TPSA) is 17.1 Å². The van der Waals surface area contributed by atoms with Gasteiger partial charge in [-0.1, -0.05) is 37.0 Å². The van der Waals surface area contributed by atoms with Gasteiger partial charge in [0.05, 0.1) is 0 Å². The molecule has 0 aromatic heterocycles. The second-order valence-corrected chi connectivity index (χ2v) is 3.64. The molecule has 0 saturated carbocycles. The first kappa shape index (κ1) is 11.5. The smallest absolute Gasteiger partial charge is 0.205 e. The summed E-state index contributed by atoms with van der Waals surface area (Å²) in [6, 6.07) is 7.88. The van der Waals surface area contributed by atoms with Crippen LogP contribution in [-0.2, 0) is 4.79 Å². The molecule has 0 bridgehead atoms. The number of carbonyl (C=O) groups excluding carboxylic acids is 1. The van der Waals surface area contributed by atoms with Crippen molar-refractivity contribution in [2.75, 3.05) is 0 Å². The molecule has 0 radical (unpaired) electrons. The van der Waals surface area contributed by atoms with Gasteiger partial charge < -0.3 is 0 Å². The first-order valence-electron chi connectivity index (χ1n) is 5.34. The van der Waals surface area contributed by atoms with Gasteiger partial charge in [-0.05, 0) is 31.4 Å². The molecule has 1 heteroatoms. The van der Waals surface area contributed by atoms with Crippen molar-refractivity contribution in [3.8, 4) is 11.8 Å². The fraction of sp³-hybridized carbons (Fsp3) is 0.357. The number of hydrogen-bond donors (Lipinski definition) is 0. The highest BCUT2D eigenvalue weighted by atomic mass is 16.1. The highest BCUT2D eigenvalue weighted by Gasteiger charge is 1.94. The summed E-state index contributed by atoms with van der Waals surface area (Å²) in [5.74, 6) is 5.58. The van der Waals surface area contributed by atoms with Crippen molar-refractivity contribution in [3.05, 3.63) is 35.4 Å². The van der Waals surface area contributed by atoms with Crippen molar-refractivity contribution in [1.82, 2.24) is 0 Å². The minimum Gasteiger partial charge on any atom is -0.285 e. The van der Waals surface area contributed by atoms with E-state index in [1.165, 1.54) is 5.56 Å². The lowest BCUT2D eigenvalue weighted by molar-refractivity contribution is -0.113. The minimum absolute atomic E-state index is 0.0393. The monoisotopic (exact) mass is 200 g/mol. The summed E-state index contributed by atoms with van der Waals surface area (Å²) in [6.07, 6.45) is 2.55. The van der Waals surface area contributed by atoms with E-state index in [0.717, 1.165) is 18.4 Å². The Hall–Kier alpha value is -1.55. The van der Waals surface area contributed by atoms with Gasteiger partial charge in [0.15, 0.2) is 0 Å². The number of Topliss-reactive ketones (excluding diaryl/α,β-unsaturated/α-hetero) is 1. The number of carbonyl (C=O) groups is 1. The van der Waals surface area contributed by atoms with Gasteiger partial charge in [-0.15, -0.1) is 0 Å². The van der Waals surface area contributed by atoms with Crippen molar-refractivity contribution >= 4 is 5.78 Å². The van der Waals surface area contributed by atoms with Crippen LogP contribution in [-0.4, -0.2) is 5.78 Å². The van der Waals surface area contributed by atoms with E-state index in [4.69, 9.17) is 0 Å². The molecule has 0 N–H and O–H groups in total. The van der Waals surface area contributed by atoms with Gasteiger partial charge in [0.25, 0.3) is 0 Å². The molecular weight excluding hydrogens is 184 g/mol. The summed E-state index contributed by atoms with van der Waals surface area (Å²) in [5.41, 5.74) is 2.11. The normalized spacial score (nSPS) is 9.20. The third-order valence-electron chi connectivity index (χ3n) is 2.16. The fourth-order valence-electron chi connectivity index (χ4n) is 1.18. The average Bonchev–Trinajstić information content (AvgIpc) is 2.25. The standard InChI is InChI=1S/C14H16O/c1-3-4-5-14(15)11-10-13-8-6-12(2)7-9-13/h6-9H,3-5H2,1-2H3. The number of benzene rings is 1. The third-order valence-corrected chi connectivity index (χ3v) is 2.16. The Morgan fingerprint density at radius 2 is 1.93 bits per heavy atom. The van der Waals surface area contributed by atoms with Crippen molar-refractivity contribution in [2.24, 2.45) is 0 Å². The fourth-order valence-corrected chi connectivity index (χ4v) is 1.18. The second-order valence-electron chi connectivity index (χ2n) is 3.64. The molecule has 1 rings (SSSR count). The molecule has 78 valence electrons. The lowest BCUT2D eigenvalue weighted by Crippen LogP contribution is -1.92. The SMILES string of the molecule is CCCCC(=O)C#Cc1ccc(C)cc1. The van der Waals surface area contributed by atoms with Crippen LogP contribution in [0, 0.1) is 18.8 Å². The van der Waals surface area contributed by atoms with E-state index >= 15 is 0 Å². The Morgan fingerprint density at radius 3 is 2.53 bits per heavy atom.